The quantitative estimate of drug-likeness (QED) is 0.827. The number of fused-ring (bicyclic) bond motifs is 1. The normalized spacial score (nSPS) is 24.5. The first-order valence-electron chi connectivity index (χ1n) is 8.08. The third-order valence-electron chi connectivity index (χ3n) is 4.83. The van der Waals surface area contributed by atoms with Crippen LogP contribution in [0.5, 0.6) is 0 Å². The second-order valence-corrected chi connectivity index (χ2v) is 9.31. The van der Waals surface area contributed by atoms with Gasteiger partial charge in [0.05, 0.1) is 5.75 Å². The summed E-state index contributed by atoms with van der Waals surface area (Å²) >= 11 is 1.43. The highest BCUT2D eigenvalue weighted by molar-refractivity contribution is 7.88. The summed E-state index contributed by atoms with van der Waals surface area (Å²) in [7, 11) is -3.24. The van der Waals surface area contributed by atoms with E-state index in [4.69, 9.17) is 0 Å². The van der Waals surface area contributed by atoms with Crippen LogP contribution in [0.25, 0.3) is 0 Å². The minimum Gasteiger partial charge on any atom is -0.346 e. The molecule has 6 nitrogen and oxygen atoms in total. The fourth-order valence-electron chi connectivity index (χ4n) is 3.62. The number of rotatable bonds is 4. The smallest absolute Gasteiger partial charge is 0.218 e. The second-order valence-electron chi connectivity index (χ2n) is 6.61. The average Bonchev–Trinajstić information content (AvgIpc) is 3.21. The van der Waals surface area contributed by atoms with Crippen LogP contribution in [-0.4, -0.2) is 48.3 Å². The van der Waals surface area contributed by atoms with Gasteiger partial charge in [-0.05, 0) is 24.3 Å². The Hall–Kier alpha value is -1.51. The molecule has 2 atom stereocenters. The van der Waals surface area contributed by atoms with E-state index in [1.54, 1.807) is 4.31 Å². The van der Waals surface area contributed by atoms with Crippen LogP contribution in [0.3, 0.4) is 0 Å². The van der Waals surface area contributed by atoms with E-state index in [0.29, 0.717) is 24.9 Å². The molecule has 4 rings (SSSR count). The molecule has 0 bridgehead atoms. The van der Waals surface area contributed by atoms with Crippen molar-refractivity contribution in [3.8, 4) is 0 Å². The predicted molar refractivity (Wildman–Crippen MR) is 94.5 cm³/mol. The molecule has 1 aromatic heterocycles. The lowest BCUT2D eigenvalue weighted by Crippen LogP contribution is -2.34. The maximum Gasteiger partial charge on any atom is 0.218 e. The Kier molecular flexibility index (Phi) is 4.06. The Balaban J connectivity index is 1.42. The van der Waals surface area contributed by atoms with Gasteiger partial charge in [-0.25, -0.2) is 17.7 Å². The fraction of sp³-hybridized carbons (Fsp3) is 0.500. The molecule has 2 saturated heterocycles. The van der Waals surface area contributed by atoms with E-state index in [1.165, 1.54) is 11.5 Å². The third-order valence-corrected chi connectivity index (χ3v) is 7.48. The lowest BCUT2D eigenvalue weighted by atomic mass is 10.0. The molecule has 0 N–H and O–H groups in total. The molecule has 128 valence electrons. The Labute approximate surface area is 146 Å². The van der Waals surface area contributed by atoms with Crippen LogP contribution >= 0.6 is 11.5 Å². The molecular formula is C16H20N4O2S2. The summed E-state index contributed by atoms with van der Waals surface area (Å²) in [5.74, 6) is 1.67. The average molecular weight is 364 g/mol. The lowest BCUT2D eigenvalue weighted by Gasteiger charge is -2.20. The number of sulfonamides is 1. The van der Waals surface area contributed by atoms with Gasteiger partial charge in [-0.3, -0.25) is 0 Å². The van der Waals surface area contributed by atoms with E-state index < -0.39 is 10.0 Å². The van der Waals surface area contributed by atoms with E-state index in [9.17, 15) is 8.42 Å². The Morgan fingerprint density at radius 3 is 2.38 bits per heavy atom. The first kappa shape index (κ1) is 16.0. The summed E-state index contributed by atoms with van der Waals surface area (Å²) in [4.78, 5) is 6.70. The van der Waals surface area contributed by atoms with Crippen LogP contribution in [0.15, 0.2) is 30.3 Å². The highest BCUT2D eigenvalue weighted by Gasteiger charge is 2.44. The number of benzene rings is 1. The van der Waals surface area contributed by atoms with Crippen molar-refractivity contribution in [3.05, 3.63) is 41.7 Å². The van der Waals surface area contributed by atoms with E-state index in [2.05, 4.69) is 14.3 Å². The maximum absolute atomic E-state index is 12.7. The summed E-state index contributed by atoms with van der Waals surface area (Å²) in [6.07, 6.45) is 0. The first-order chi connectivity index (χ1) is 11.5. The predicted octanol–water partition coefficient (Wildman–Crippen LogP) is 1.74. The lowest BCUT2D eigenvalue weighted by molar-refractivity contribution is 0.452. The maximum atomic E-state index is 12.7. The van der Waals surface area contributed by atoms with E-state index >= 15 is 0 Å². The summed E-state index contributed by atoms with van der Waals surface area (Å²) < 4.78 is 31.3. The van der Waals surface area contributed by atoms with E-state index in [0.717, 1.165) is 29.6 Å². The molecule has 0 spiro atoms. The van der Waals surface area contributed by atoms with Gasteiger partial charge in [0.1, 0.15) is 5.82 Å². The van der Waals surface area contributed by atoms with Gasteiger partial charge in [-0.2, -0.15) is 4.37 Å². The summed E-state index contributed by atoms with van der Waals surface area (Å²) in [5.41, 5.74) is 0.848. The minimum absolute atomic E-state index is 0.0899. The number of aryl methyl sites for hydroxylation is 1. The van der Waals surface area contributed by atoms with Crippen LogP contribution < -0.4 is 4.90 Å². The second kappa shape index (κ2) is 6.09. The molecule has 8 heteroatoms. The van der Waals surface area contributed by atoms with Crippen molar-refractivity contribution in [2.45, 2.75) is 12.7 Å². The van der Waals surface area contributed by atoms with Crippen molar-refractivity contribution >= 4 is 26.7 Å². The summed E-state index contributed by atoms with van der Waals surface area (Å²) in [6, 6.07) is 9.40. The van der Waals surface area contributed by atoms with Gasteiger partial charge in [0, 0.05) is 37.7 Å². The topological polar surface area (TPSA) is 66.4 Å². The molecule has 2 unspecified atom stereocenters. The van der Waals surface area contributed by atoms with Crippen molar-refractivity contribution in [1.29, 1.82) is 0 Å². The highest BCUT2D eigenvalue weighted by atomic mass is 32.2. The largest absolute Gasteiger partial charge is 0.346 e. The molecule has 2 fully saturated rings. The molecule has 0 amide bonds. The van der Waals surface area contributed by atoms with Gasteiger partial charge >= 0.3 is 0 Å². The zero-order valence-electron chi connectivity index (χ0n) is 13.5. The Bertz CT molecular complexity index is 808. The van der Waals surface area contributed by atoms with Crippen molar-refractivity contribution in [2.75, 3.05) is 31.1 Å². The minimum atomic E-state index is -3.24. The highest BCUT2D eigenvalue weighted by Crippen LogP contribution is 2.36. The number of nitrogens with zero attached hydrogens (tertiary/aromatic N) is 4. The van der Waals surface area contributed by atoms with Crippen LogP contribution in [0, 0.1) is 18.8 Å². The summed E-state index contributed by atoms with van der Waals surface area (Å²) in [5, 5.41) is 0.959. The van der Waals surface area contributed by atoms with Gasteiger partial charge in [0.2, 0.25) is 15.2 Å². The van der Waals surface area contributed by atoms with Crippen molar-refractivity contribution < 1.29 is 8.42 Å². The monoisotopic (exact) mass is 364 g/mol. The van der Waals surface area contributed by atoms with Gasteiger partial charge in [-0.15, -0.1) is 0 Å². The molecular weight excluding hydrogens is 344 g/mol. The molecule has 2 aromatic rings. The van der Waals surface area contributed by atoms with Crippen LogP contribution in [-0.2, 0) is 15.8 Å². The molecule has 0 radical (unpaired) electrons. The molecule has 2 aliphatic heterocycles. The Morgan fingerprint density at radius 2 is 1.79 bits per heavy atom. The number of hydrogen-bond acceptors (Lipinski definition) is 6. The van der Waals surface area contributed by atoms with Gasteiger partial charge in [0.15, 0.2) is 0 Å². The number of hydrogen-bond donors (Lipinski definition) is 0. The molecule has 24 heavy (non-hydrogen) atoms. The Morgan fingerprint density at radius 1 is 1.12 bits per heavy atom. The molecule has 3 heterocycles. The first-order valence-corrected chi connectivity index (χ1v) is 10.5. The van der Waals surface area contributed by atoms with Crippen molar-refractivity contribution in [2.24, 2.45) is 11.8 Å². The summed E-state index contributed by atoms with van der Waals surface area (Å²) in [6.45, 7) is 4.88. The standard InChI is InChI=1S/C16H20N4O2S2/c1-12-17-16(23-18-12)19-7-14-9-20(10-15(14)8-19)24(21,22)11-13-5-3-2-4-6-13/h2-6,14-15H,7-11H2,1H3. The zero-order chi connectivity index (χ0) is 16.7. The van der Waals surface area contributed by atoms with E-state index in [1.807, 2.05) is 37.3 Å². The number of anilines is 1. The van der Waals surface area contributed by atoms with Crippen LogP contribution in [0.2, 0.25) is 0 Å². The van der Waals surface area contributed by atoms with Gasteiger partial charge in [-0.1, -0.05) is 30.3 Å². The van der Waals surface area contributed by atoms with Crippen LogP contribution in [0.1, 0.15) is 11.4 Å². The van der Waals surface area contributed by atoms with E-state index in [-0.39, 0.29) is 5.75 Å². The molecule has 2 aliphatic rings. The van der Waals surface area contributed by atoms with Gasteiger partial charge in [0.25, 0.3) is 0 Å². The molecule has 0 aliphatic carbocycles. The number of aromatic nitrogens is 2. The van der Waals surface area contributed by atoms with Crippen molar-refractivity contribution in [3.63, 3.8) is 0 Å². The van der Waals surface area contributed by atoms with Crippen LogP contribution in [0.4, 0.5) is 5.13 Å². The van der Waals surface area contributed by atoms with Gasteiger partial charge < -0.3 is 4.90 Å². The molecule has 0 saturated carbocycles. The third kappa shape index (κ3) is 3.05. The van der Waals surface area contributed by atoms with Crippen molar-refractivity contribution in [1.82, 2.24) is 13.7 Å². The molecule has 1 aromatic carbocycles. The fourth-order valence-corrected chi connectivity index (χ4v) is 5.95. The SMILES string of the molecule is Cc1nsc(N2CC3CN(S(=O)(=O)Cc4ccccc4)CC3C2)n1. The zero-order valence-corrected chi connectivity index (χ0v) is 15.1.